The van der Waals surface area contributed by atoms with Crippen molar-refractivity contribution < 1.29 is 4.79 Å². The SMILES string of the molecule is O=C(/C=C/c1ccc(Br)s1)NCCCc1ccccc1. The molecule has 0 bridgehead atoms. The van der Waals surface area contributed by atoms with Crippen molar-refractivity contribution in [1.29, 1.82) is 0 Å². The molecule has 1 aromatic heterocycles. The van der Waals surface area contributed by atoms with Crippen molar-refractivity contribution in [2.45, 2.75) is 12.8 Å². The van der Waals surface area contributed by atoms with E-state index in [9.17, 15) is 4.79 Å². The second-order valence-corrected chi connectivity index (χ2v) is 6.85. The fourth-order valence-electron chi connectivity index (χ4n) is 1.78. The van der Waals surface area contributed by atoms with E-state index in [1.54, 1.807) is 17.4 Å². The first kappa shape index (κ1) is 15.0. The van der Waals surface area contributed by atoms with E-state index in [1.165, 1.54) is 5.56 Å². The first-order chi connectivity index (χ1) is 9.74. The first-order valence-electron chi connectivity index (χ1n) is 6.49. The largest absolute Gasteiger partial charge is 0.353 e. The van der Waals surface area contributed by atoms with E-state index in [1.807, 2.05) is 36.4 Å². The Labute approximate surface area is 131 Å². The zero-order valence-corrected chi connectivity index (χ0v) is 13.4. The minimum absolute atomic E-state index is 0.0393. The smallest absolute Gasteiger partial charge is 0.244 e. The van der Waals surface area contributed by atoms with Crippen molar-refractivity contribution in [2.24, 2.45) is 0 Å². The molecule has 0 unspecified atom stereocenters. The number of amides is 1. The molecule has 0 spiro atoms. The van der Waals surface area contributed by atoms with Gasteiger partial charge in [-0.25, -0.2) is 0 Å². The summed E-state index contributed by atoms with van der Waals surface area (Å²) in [5, 5.41) is 2.90. The lowest BCUT2D eigenvalue weighted by Crippen LogP contribution is -2.22. The Morgan fingerprint density at radius 3 is 2.70 bits per heavy atom. The van der Waals surface area contributed by atoms with Crippen LogP contribution < -0.4 is 5.32 Å². The highest BCUT2D eigenvalue weighted by atomic mass is 79.9. The van der Waals surface area contributed by atoms with Crippen LogP contribution in [0.3, 0.4) is 0 Å². The van der Waals surface area contributed by atoms with Crippen LogP contribution in [0.15, 0.2) is 52.3 Å². The van der Waals surface area contributed by atoms with Crippen molar-refractivity contribution in [1.82, 2.24) is 5.32 Å². The Balaban J connectivity index is 1.66. The summed E-state index contributed by atoms with van der Waals surface area (Å²) in [6, 6.07) is 14.3. The van der Waals surface area contributed by atoms with Crippen LogP contribution in [0, 0.1) is 0 Å². The van der Waals surface area contributed by atoms with Gasteiger partial charge in [0.05, 0.1) is 3.79 Å². The molecule has 0 fully saturated rings. The highest BCUT2D eigenvalue weighted by Crippen LogP contribution is 2.22. The van der Waals surface area contributed by atoms with Gasteiger partial charge in [-0.15, -0.1) is 11.3 Å². The van der Waals surface area contributed by atoms with Gasteiger partial charge in [-0.1, -0.05) is 30.3 Å². The highest BCUT2D eigenvalue weighted by Gasteiger charge is 1.97. The Kier molecular flexibility index (Phi) is 6.02. The summed E-state index contributed by atoms with van der Waals surface area (Å²) in [5.41, 5.74) is 1.31. The molecule has 0 radical (unpaired) electrons. The zero-order chi connectivity index (χ0) is 14.2. The summed E-state index contributed by atoms with van der Waals surface area (Å²) in [6.45, 7) is 0.701. The second kappa shape index (κ2) is 8.02. The van der Waals surface area contributed by atoms with Crippen LogP contribution in [0.25, 0.3) is 6.08 Å². The van der Waals surface area contributed by atoms with Gasteiger partial charge in [-0.2, -0.15) is 0 Å². The molecule has 2 rings (SSSR count). The van der Waals surface area contributed by atoms with E-state index >= 15 is 0 Å². The summed E-state index contributed by atoms with van der Waals surface area (Å²) in [5.74, 6) is -0.0393. The molecule has 0 saturated heterocycles. The molecule has 2 nitrogen and oxygen atoms in total. The maximum Gasteiger partial charge on any atom is 0.244 e. The van der Waals surface area contributed by atoms with E-state index in [0.29, 0.717) is 6.54 Å². The molecule has 1 N–H and O–H groups in total. The predicted molar refractivity (Wildman–Crippen MR) is 88.8 cm³/mol. The van der Waals surface area contributed by atoms with Crippen LogP contribution in [0.1, 0.15) is 16.9 Å². The van der Waals surface area contributed by atoms with Crippen LogP contribution in [0.4, 0.5) is 0 Å². The van der Waals surface area contributed by atoms with Gasteiger partial charge >= 0.3 is 0 Å². The third-order valence-electron chi connectivity index (χ3n) is 2.78. The summed E-state index contributed by atoms with van der Waals surface area (Å²) >= 11 is 5.00. The van der Waals surface area contributed by atoms with Crippen LogP contribution >= 0.6 is 27.3 Å². The van der Waals surface area contributed by atoms with E-state index < -0.39 is 0 Å². The number of thiophene rings is 1. The number of rotatable bonds is 6. The molecule has 0 aliphatic carbocycles. The second-order valence-electron chi connectivity index (χ2n) is 4.36. The Bertz CT molecular complexity index is 577. The van der Waals surface area contributed by atoms with Crippen LogP contribution in [-0.2, 0) is 11.2 Å². The van der Waals surface area contributed by atoms with Crippen molar-refractivity contribution in [3.05, 3.63) is 62.8 Å². The summed E-state index contributed by atoms with van der Waals surface area (Å²) in [6.07, 6.45) is 5.36. The van der Waals surface area contributed by atoms with Crippen molar-refractivity contribution in [2.75, 3.05) is 6.54 Å². The number of carbonyl (C=O) groups is 1. The summed E-state index contributed by atoms with van der Waals surface area (Å²) in [4.78, 5) is 12.7. The van der Waals surface area contributed by atoms with E-state index in [2.05, 4.69) is 33.4 Å². The molecule has 0 atom stereocenters. The summed E-state index contributed by atoms with van der Waals surface area (Å²) < 4.78 is 1.07. The fourth-order valence-corrected chi connectivity index (χ4v) is 3.11. The number of aryl methyl sites for hydroxylation is 1. The molecule has 104 valence electrons. The molecule has 0 aliphatic heterocycles. The molecule has 0 saturated carbocycles. The van der Waals surface area contributed by atoms with Gasteiger partial charge in [0.2, 0.25) is 5.91 Å². The molecule has 4 heteroatoms. The highest BCUT2D eigenvalue weighted by molar-refractivity contribution is 9.11. The number of carbonyl (C=O) groups excluding carboxylic acids is 1. The average molecular weight is 350 g/mol. The third kappa shape index (κ3) is 5.31. The zero-order valence-electron chi connectivity index (χ0n) is 11.0. The molecular formula is C16H16BrNOS. The monoisotopic (exact) mass is 349 g/mol. The van der Waals surface area contributed by atoms with E-state index in [0.717, 1.165) is 21.5 Å². The predicted octanol–water partition coefficient (Wildman–Crippen LogP) is 4.27. The number of hydrogen-bond donors (Lipinski definition) is 1. The van der Waals surface area contributed by atoms with E-state index in [-0.39, 0.29) is 5.91 Å². The molecule has 1 aromatic carbocycles. The van der Waals surface area contributed by atoms with Gasteiger partial charge < -0.3 is 5.32 Å². The normalized spacial score (nSPS) is 10.8. The van der Waals surface area contributed by atoms with Crippen LogP contribution in [0.5, 0.6) is 0 Å². The average Bonchev–Trinajstić information content (AvgIpc) is 2.88. The number of hydrogen-bond acceptors (Lipinski definition) is 2. The fraction of sp³-hybridized carbons (Fsp3) is 0.188. The molecule has 0 aliphatic rings. The maximum absolute atomic E-state index is 11.6. The Hall–Kier alpha value is -1.39. The van der Waals surface area contributed by atoms with Crippen molar-refractivity contribution >= 4 is 39.2 Å². The molecular weight excluding hydrogens is 334 g/mol. The number of benzene rings is 1. The molecule has 2 aromatic rings. The van der Waals surface area contributed by atoms with Gasteiger partial charge in [0.1, 0.15) is 0 Å². The van der Waals surface area contributed by atoms with Gasteiger partial charge in [0.25, 0.3) is 0 Å². The first-order valence-corrected chi connectivity index (χ1v) is 8.10. The third-order valence-corrected chi connectivity index (χ3v) is 4.37. The quantitative estimate of drug-likeness (QED) is 0.612. The lowest BCUT2D eigenvalue weighted by atomic mass is 10.1. The van der Waals surface area contributed by atoms with Gasteiger partial charge in [-0.3, -0.25) is 4.79 Å². The van der Waals surface area contributed by atoms with Crippen LogP contribution in [-0.4, -0.2) is 12.5 Å². The minimum Gasteiger partial charge on any atom is -0.353 e. The van der Waals surface area contributed by atoms with Crippen molar-refractivity contribution in [3.63, 3.8) is 0 Å². The molecule has 1 heterocycles. The number of nitrogens with one attached hydrogen (secondary N) is 1. The maximum atomic E-state index is 11.6. The molecule has 20 heavy (non-hydrogen) atoms. The minimum atomic E-state index is -0.0393. The van der Waals surface area contributed by atoms with Crippen LogP contribution in [0.2, 0.25) is 0 Å². The number of halogens is 1. The summed E-state index contributed by atoms with van der Waals surface area (Å²) in [7, 11) is 0. The molecule has 1 amide bonds. The van der Waals surface area contributed by atoms with E-state index in [4.69, 9.17) is 0 Å². The topological polar surface area (TPSA) is 29.1 Å². The van der Waals surface area contributed by atoms with Gasteiger partial charge in [-0.05, 0) is 52.5 Å². The lowest BCUT2D eigenvalue weighted by molar-refractivity contribution is -0.116. The lowest BCUT2D eigenvalue weighted by Gasteiger charge is -2.02. The Morgan fingerprint density at radius 2 is 2.00 bits per heavy atom. The Morgan fingerprint density at radius 1 is 1.20 bits per heavy atom. The standard InChI is InChI=1S/C16H16BrNOS/c17-15-10-8-14(20-15)9-11-16(19)18-12-4-7-13-5-2-1-3-6-13/h1-3,5-6,8-11H,4,7,12H2,(H,18,19)/b11-9+. The van der Waals surface area contributed by atoms with Gasteiger partial charge in [0.15, 0.2) is 0 Å². The van der Waals surface area contributed by atoms with Gasteiger partial charge in [0, 0.05) is 17.5 Å². The van der Waals surface area contributed by atoms with Crippen molar-refractivity contribution in [3.8, 4) is 0 Å².